The van der Waals surface area contributed by atoms with Crippen molar-refractivity contribution < 1.29 is 5.11 Å². The molecule has 4 fully saturated rings. The summed E-state index contributed by atoms with van der Waals surface area (Å²) in [6.45, 7) is 19.9. The maximum atomic E-state index is 10.8. The second-order valence-corrected chi connectivity index (χ2v) is 14.8. The molecule has 0 aromatic rings. The van der Waals surface area contributed by atoms with Crippen molar-refractivity contribution in [3.05, 3.63) is 11.6 Å². The second-order valence-electron chi connectivity index (χ2n) is 14.8. The van der Waals surface area contributed by atoms with Crippen molar-refractivity contribution >= 4 is 0 Å². The third-order valence-electron chi connectivity index (χ3n) is 12.8. The van der Waals surface area contributed by atoms with Crippen molar-refractivity contribution in [2.45, 2.75) is 131 Å². The van der Waals surface area contributed by atoms with Gasteiger partial charge in [-0.15, -0.1) is 0 Å². The third kappa shape index (κ3) is 3.03. The molecule has 0 spiro atoms. The monoisotopic (exact) mass is 441 g/mol. The van der Waals surface area contributed by atoms with Gasteiger partial charge in [0.25, 0.3) is 0 Å². The molecule has 2 nitrogen and oxygen atoms in total. The van der Waals surface area contributed by atoms with Crippen molar-refractivity contribution in [2.24, 2.45) is 45.3 Å². The maximum absolute atomic E-state index is 10.8. The van der Waals surface area contributed by atoms with Crippen LogP contribution in [-0.2, 0) is 0 Å². The first-order valence-corrected chi connectivity index (χ1v) is 13.9. The molecule has 5 aliphatic rings. The van der Waals surface area contributed by atoms with Crippen LogP contribution >= 0.6 is 0 Å². The highest BCUT2D eigenvalue weighted by atomic mass is 16.3. The maximum Gasteiger partial charge on any atom is 0.0628 e. The van der Waals surface area contributed by atoms with Crippen molar-refractivity contribution in [2.75, 3.05) is 0 Å². The Hall–Kier alpha value is -0.340. The number of hydrogen-bond donors (Lipinski definition) is 2. The van der Waals surface area contributed by atoms with Crippen LogP contribution < -0.4 is 5.32 Å². The molecule has 3 saturated carbocycles. The van der Waals surface area contributed by atoms with Gasteiger partial charge in [0.2, 0.25) is 0 Å². The van der Waals surface area contributed by atoms with Crippen LogP contribution in [0.4, 0.5) is 0 Å². The molecule has 2 heteroatoms. The molecule has 5 rings (SSSR count). The highest BCUT2D eigenvalue weighted by Crippen LogP contribution is 2.73. The zero-order valence-corrected chi connectivity index (χ0v) is 22.4. The predicted molar refractivity (Wildman–Crippen MR) is 134 cm³/mol. The summed E-state index contributed by atoms with van der Waals surface area (Å²) in [6.07, 6.45) is 14.3. The van der Waals surface area contributed by atoms with Crippen LogP contribution in [-0.4, -0.2) is 22.8 Å². The van der Waals surface area contributed by atoms with Crippen LogP contribution in [0.2, 0.25) is 0 Å². The summed E-state index contributed by atoms with van der Waals surface area (Å²) in [7, 11) is 0. The molecule has 32 heavy (non-hydrogen) atoms. The van der Waals surface area contributed by atoms with Crippen LogP contribution in [0.25, 0.3) is 0 Å². The summed E-state index contributed by atoms with van der Waals surface area (Å²) in [4.78, 5) is 0. The van der Waals surface area contributed by atoms with Crippen molar-refractivity contribution in [1.29, 1.82) is 0 Å². The summed E-state index contributed by atoms with van der Waals surface area (Å²) < 4.78 is 0. The fraction of sp³-hybridized carbons (Fsp3) is 0.933. The van der Waals surface area contributed by atoms with Crippen LogP contribution in [0.15, 0.2) is 11.6 Å². The minimum atomic E-state index is -0.175. The molecule has 0 aromatic heterocycles. The van der Waals surface area contributed by atoms with Crippen LogP contribution in [0.1, 0.15) is 113 Å². The van der Waals surface area contributed by atoms with E-state index in [2.05, 4.69) is 66.8 Å². The first-order chi connectivity index (χ1) is 14.8. The Morgan fingerprint density at radius 2 is 1.59 bits per heavy atom. The SMILES string of the molecule is C[C@H](CC[C@H]1NC1(C)C)[C@H]1CC[C@]2(C)[C@@H]3CC=C4C(C)(C)[C@@H](O)CC[C@]4(C)[C@H]3CC[C@]12C. The van der Waals surface area contributed by atoms with Gasteiger partial charge in [0.05, 0.1) is 6.10 Å². The summed E-state index contributed by atoms with van der Waals surface area (Å²) in [6, 6.07) is 0.744. The molecule has 1 heterocycles. The van der Waals surface area contributed by atoms with Gasteiger partial charge in [0.15, 0.2) is 0 Å². The number of hydrogen-bond acceptors (Lipinski definition) is 2. The van der Waals surface area contributed by atoms with Gasteiger partial charge in [-0.25, -0.2) is 0 Å². The van der Waals surface area contributed by atoms with E-state index < -0.39 is 0 Å². The molecular weight excluding hydrogens is 390 g/mol. The molecule has 182 valence electrons. The lowest BCUT2D eigenvalue weighted by Crippen LogP contribution is -2.58. The van der Waals surface area contributed by atoms with E-state index in [9.17, 15) is 5.11 Å². The number of aliphatic hydroxyl groups excluding tert-OH is 1. The van der Waals surface area contributed by atoms with E-state index in [1.807, 2.05) is 0 Å². The van der Waals surface area contributed by atoms with E-state index in [-0.39, 0.29) is 11.5 Å². The van der Waals surface area contributed by atoms with Crippen molar-refractivity contribution in [3.8, 4) is 0 Å². The molecular formula is C30H51NO. The Labute approximate surface area is 198 Å². The quantitative estimate of drug-likeness (QED) is 0.360. The Kier molecular flexibility index (Phi) is 5.19. The van der Waals surface area contributed by atoms with Crippen molar-refractivity contribution in [1.82, 2.24) is 5.32 Å². The first-order valence-electron chi connectivity index (χ1n) is 13.9. The Morgan fingerprint density at radius 1 is 0.938 bits per heavy atom. The van der Waals surface area contributed by atoms with E-state index in [0.29, 0.717) is 21.8 Å². The lowest BCUT2D eigenvalue weighted by molar-refractivity contribution is -0.124. The van der Waals surface area contributed by atoms with Gasteiger partial charge in [-0.05, 0) is 112 Å². The van der Waals surface area contributed by atoms with Gasteiger partial charge in [-0.2, -0.15) is 0 Å². The summed E-state index contributed by atoms with van der Waals surface area (Å²) in [5.74, 6) is 3.35. The van der Waals surface area contributed by atoms with Gasteiger partial charge in [-0.1, -0.05) is 53.2 Å². The number of nitrogens with one attached hydrogen (secondary N) is 1. The number of fused-ring (bicyclic) bond motifs is 5. The third-order valence-corrected chi connectivity index (χ3v) is 12.8. The highest BCUT2D eigenvalue weighted by molar-refractivity contribution is 5.32. The van der Waals surface area contributed by atoms with Gasteiger partial charge < -0.3 is 10.4 Å². The number of aliphatic hydroxyl groups is 1. The molecule has 4 aliphatic carbocycles. The predicted octanol–water partition coefficient (Wildman–Crippen LogP) is 7.12. The first kappa shape index (κ1) is 23.4. The highest BCUT2D eigenvalue weighted by Gasteiger charge is 2.66. The molecule has 2 N–H and O–H groups in total. The summed E-state index contributed by atoms with van der Waals surface area (Å²) >= 11 is 0. The number of rotatable bonds is 4. The van der Waals surface area contributed by atoms with Crippen LogP contribution in [0.5, 0.6) is 0 Å². The molecule has 1 saturated heterocycles. The molecule has 0 bridgehead atoms. The summed E-state index contributed by atoms with van der Waals surface area (Å²) in [5.41, 5.74) is 3.18. The fourth-order valence-corrected chi connectivity index (χ4v) is 10.2. The Bertz CT molecular complexity index is 797. The minimum Gasteiger partial charge on any atom is -0.392 e. The number of allylic oxidation sites excluding steroid dienone is 1. The lowest BCUT2D eigenvalue weighted by Gasteiger charge is -2.64. The minimum absolute atomic E-state index is 0.0586. The van der Waals surface area contributed by atoms with Gasteiger partial charge in [-0.3, -0.25) is 0 Å². The van der Waals surface area contributed by atoms with E-state index in [1.54, 1.807) is 5.57 Å². The lowest BCUT2D eigenvalue weighted by atomic mass is 9.40. The van der Waals surface area contributed by atoms with Gasteiger partial charge in [0, 0.05) is 17.0 Å². The topological polar surface area (TPSA) is 42.2 Å². The molecule has 0 amide bonds. The zero-order chi connectivity index (χ0) is 23.3. The van der Waals surface area contributed by atoms with E-state index in [1.165, 1.54) is 51.4 Å². The van der Waals surface area contributed by atoms with Crippen molar-refractivity contribution in [3.63, 3.8) is 0 Å². The molecule has 0 unspecified atom stereocenters. The van der Waals surface area contributed by atoms with Crippen LogP contribution in [0.3, 0.4) is 0 Å². The van der Waals surface area contributed by atoms with E-state index >= 15 is 0 Å². The second kappa shape index (κ2) is 7.09. The normalized spacial score (nSPS) is 51.8. The van der Waals surface area contributed by atoms with E-state index in [0.717, 1.165) is 36.1 Å². The average Bonchev–Trinajstić information content (AvgIpc) is 3.22. The summed E-state index contributed by atoms with van der Waals surface area (Å²) in [5, 5.41) is 14.5. The van der Waals surface area contributed by atoms with Gasteiger partial charge in [0.1, 0.15) is 0 Å². The van der Waals surface area contributed by atoms with Crippen LogP contribution in [0, 0.1) is 45.3 Å². The fourth-order valence-electron chi connectivity index (χ4n) is 10.2. The molecule has 1 aliphatic heterocycles. The Balaban J connectivity index is 1.39. The van der Waals surface area contributed by atoms with E-state index in [4.69, 9.17) is 0 Å². The van der Waals surface area contributed by atoms with Gasteiger partial charge >= 0.3 is 0 Å². The smallest absolute Gasteiger partial charge is 0.0628 e. The standard InChI is InChI=1S/C30H51NO/c1-19(9-12-24-27(4,5)31-24)20-13-17-30(8)22-10-11-23-26(2,3)25(32)15-16-28(23,6)21(22)14-18-29(20,30)7/h11,19-22,24-25,31-32H,9-10,12-18H2,1-8H3/t19-,20-,21+,22-,24-,25+,28-,29-,30-/m1/s1. The molecule has 0 aromatic carbocycles. The zero-order valence-electron chi connectivity index (χ0n) is 22.4. The Morgan fingerprint density at radius 3 is 2.25 bits per heavy atom. The molecule has 0 radical (unpaired) electrons. The molecule has 9 atom stereocenters. The largest absolute Gasteiger partial charge is 0.392 e. The average molecular weight is 442 g/mol.